The number of nitrogens with zero attached hydrogens (tertiary/aromatic N) is 1. The molecule has 120 valence electrons. The Kier molecular flexibility index (Phi) is 5.08. The minimum absolute atomic E-state index is 0.0408. The van der Waals surface area contributed by atoms with Crippen molar-refractivity contribution in [1.29, 1.82) is 0 Å². The number of hydrogen-bond donors (Lipinski definition) is 2. The molecule has 0 aliphatic rings. The fraction of sp³-hybridized carbons (Fsp3) is 0.429. The quantitative estimate of drug-likeness (QED) is 0.377. The van der Waals surface area contributed by atoms with Crippen LogP contribution in [-0.4, -0.2) is 28.4 Å². The van der Waals surface area contributed by atoms with Crippen LogP contribution in [0.5, 0.6) is 0 Å². The molecule has 0 saturated heterocycles. The maximum absolute atomic E-state index is 12.0. The van der Waals surface area contributed by atoms with E-state index in [1.807, 2.05) is 0 Å². The normalized spacial score (nSPS) is 12.4. The SMILES string of the molecule is CC(OC(=O)c1cc([N+](=O)[O-])ccc1N)C(=O)NC(C)(C)C. The van der Waals surface area contributed by atoms with Crippen molar-refractivity contribution in [3.05, 3.63) is 33.9 Å². The third kappa shape index (κ3) is 4.72. The van der Waals surface area contributed by atoms with Gasteiger partial charge < -0.3 is 15.8 Å². The highest BCUT2D eigenvalue weighted by Crippen LogP contribution is 2.21. The Balaban J connectivity index is 2.87. The smallest absolute Gasteiger partial charge is 0.341 e. The summed E-state index contributed by atoms with van der Waals surface area (Å²) in [7, 11) is 0. The average Bonchev–Trinajstić information content (AvgIpc) is 2.36. The summed E-state index contributed by atoms with van der Waals surface area (Å²) in [5, 5.41) is 13.4. The van der Waals surface area contributed by atoms with Crippen molar-refractivity contribution in [2.75, 3.05) is 5.73 Å². The number of nitro groups is 1. The Morgan fingerprint density at radius 1 is 1.36 bits per heavy atom. The largest absolute Gasteiger partial charge is 0.449 e. The summed E-state index contributed by atoms with van der Waals surface area (Å²) < 4.78 is 5.01. The van der Waals surface area contributed by atoms with Gasteiger partial charge in [0.1, 0.15) is 0 Å². The fourth-order valence-electron chi connectivity index (χ4n) is 1.58. The highest BCUT2D eigenvalue weighted by molar-refractivity contribution is 5.97. The summed E-state index contributed by atoms with van der Waals surface area (Å²) in [4.78, 5) is 33.9. The van der Waals surface area contributed by atoms with E-state index in [0.29, 0.717) is 0 Å². The molecular formula is C14H19N3O5. The zero-order valence-corrected chi connectivity index (χ0v) is 12.9. The molecule has 1 rings (SSSR count). The van der Waals surface area contributed by atoms with Gasteiger partial charge in [-0.3, -0.25) is 14.9 Å². The molecule has 8 heteroatoms. The highest BCUT2D eigenvalue weighted by atomic mass is 16.6. The third-order valence-electron chi connectivity index (χ3n) is 2.62. The van der Waals surface area contributed by atoms with Gasteiger partial charge in [-0.25, -0.2) is 4.79 Å². The first-order valence-electron chi connectivity index (χ1n) is 6.58. The molecule has 0 bridgehead atoms. The van der Waals surface area contributed by atoms with Gasteiger partial charge in [-0.15, -0.1) is 0 Å². The first-order valence-corrected chi connectivity index (χ1v) is 6.58. The minimum Gasteiger partial charge on any atom is -0.449 e. The van der Waals surface area contributed by atoms with Gasteiger partial charge in [-0.05, 0) is 33.8 Å². The predicted molar refractivity (Wildman–Crippen MR) is 80.3 cm³/mol. The average molecular weight is 309 g/mol. The standard InChI is InChI=1S/C14H19N3O5/c1-8(12(18)16-14(2,3)4)22-13(19)10-7-9(17(20)21)5-6-11(10)15/h5-8H,15H2,1-4H3,(H,16,18). The van der Waals surface area contributed by atoms with Crippen LogP contribution in [0.4, 0.5) is 11.4 Å². The molecule has 1 amide bonds. The molecule has 1 unspecified atom stereocenters. The molecule has 0 fully saturated rings. The number of anilines is 1. The molecular weight excluding hydrogens is 290 g/mol. The Hall–Kier alpha value is -2.64. The van der Waals surface area contributed by atoms with E-state index in [0.717, 1.165) is 6.07 Å². The number of benzene rings is 1. The van der Waals surface area contributed by atoms with Crippen molar-refractivity contribution in [3.63, 3.8) is 0 Å². The number of nitro benzene ring substituents is 1. The van der Waals surface area contributed by atoms with Crippen molar-refractivity contribution in [2.24, 2.45) is 0 Å². The number of carbonyl (C=O) groups is 2. The Bertz CT molecular complexity index is 607. The molecule has 0 aliphatic heterocycles. The summed E-state index contributed by atoms with van der Waals surface area (Å²) in [6, 6.07) is 3.45. The number of ether oxygens (including phenoxy) is 1. The van der Waals surface area contributed by atoms with Crippen molar-refractivity contribution >= 4 is 23.3 Å². The van der Waals surface area contributed by atoms with Crippen molar-refractivity contribution in [3.8, 4) is 0 Å². The fourth-order valence-corrected chi connectivity index (χ4v) is 1.58. The Morgan fingerprint density at radius 2 is 1.95 bits per heavy atom. The predicted octanol–water partition coefficient (Wildman–Crippen LogP) is 1.64. The molecule has 1 atom stereocenters. The van der Waals surface area contributed by atoms with Gasteiger partial charge in [-0.2, -0.15) is 0 Å². The second-order valence-electron chi connectivity index (χ2n) is 5.82. The van der Waals surface area contributed by atoms with Crippen LogP contribution in [0.25, 0.3) is 0 Å². The molecule has 0 aliphatic carbocycles. The van der Waals surface area contributed by atoms with Gasteiger partial charge in [0.05, 0.1) is 10.5 Å². The van der Waals surface area contributed by atoms with Crippen LogP contribution in [0.15, 0.2) is 18.2 Å². The van der Waals surface area contributed by atoms with E-state index in [2.05, 4.69) is 5.32 Å². The maximum Gasteiger partial charge on any atom is 0.341 e. The van der Waals surface area contributed by atoms with Crippen LogP contribution in [-0.2, 0) is 9.53 Å². The van der Waals surface area contributed by atoms with E-state index in [-0.39, 0.29) is 16.9 Å². The van der Waals surface area contributed by atoms with Crippen molar-refractivity contribution < 1.29 is 19.2 Å². The van der Waals surface area contributed by atoms with Gasteiger partial charge in [0.2, 0.25) is 0 Å². The van der Waals surface area contributed by atoms with Gasteiger partial charge >= 0.3 is 5.97 Å². The number of esters is 1. The third-order valence-corrected chi connectivity index (χ3v) is 2.62. The molecule has 8 nitrogen and oxygen atoms in total. The molecule has 0 radical (unpaired) electrons. The Labute approximate surface area is 127 Å². The maximum atomic E-state index is 12.0. The van der Waals surface area contributed by atoms with Crippen LogP contribution in [0, 0.1) is 10.1 Å². The number of nitrogen functional groups attached to an aromatic ring is 1. The van der Waals surface area contributed by atoms with Crippen LogP contribution >= 0.6 is 0 Å². The monoisotopic (exact) mass is 309 g/mol. The van der Waals surface area contributed by atoms with Gasteiger partial charge in [-0.1, -0.05) is 0 Å². The summed E-state index contributed by atoms with van der Waals surface area (Å²) in [6.07, 6.45) is -1.05. The lowest BCUT2D eigenvalue weighted by atomic mass is 10.1. The summed E-state index contributed by atoms with van der Waals surface area (Å²) in [6.45, 7) is 6.78. The molecule has 0 aromatic heterocycles. The van der Waals surface area contributed by atoms with Crippen LogP contribution in [0.2, 0.25) is 0 Å². The number of amides is 1. The zero-order valence-electron chi connectivity index (χ0n) is 12.9. The van der Waals surface area contributed by atoms with Crippen LogP contribution < -0.4 is 11.1 Å². The van der Waals surface area contributed by atoms with E-state index in [4.69, 9.17) is 10.5 Å². The number of non-ortho nitro benzene ring substituents is 1. The summed E-state index contributed by atoms with van der Waals surface area (Å²) in [5.74, 6) is -1.36. The van der Waals surface area contributed by atoms with Crippen molar-refractivity contribution in [1.82, 2.24) is 5.32 Å². The molecule has 1 aromatic rings. The first-order chi connectivity index (χ1) is 10.0. The number of nitrogens with one attached hydrogen (secondary N) is 1. The van der Waals surface area contributed by atoms with E-state index in [1.54, 1.807) is 20.8 Å². The molecule has 0 saturated carbocycles. The van der Waals surface area contributed by atoms with Crippen LogP contribution in [0.3, 0.4) is 0 Å². The van der Waals surface area contributed by atoms with Gasteiger partial charge in [0, 0.05) is 23.4 Å². The lowest BCUT2D eigenvalue weighted by molar-refractivity contribution is -0.384. The molecule has 22 heavy (non-hydrogen) atoms. The molecule has 1 aromatic carbocycles. The Morgan fingerprint density at radius 3 is 2.45 bits per heavy atom. The molecule has 0 heterocycles. The molecule has 3 N–H and O–H groups in total. The van der Waals surface area contributed by atoms with E-state index in [1.165, 1.54) is 19.1 Å². The number of nitrogens with two attached hydrogens (primary N) is 1. The van der Waals surface area contributed by atoms with Gasteiger partial charge in [0.25, 0.3) is 11.6 Å². The minimum atomic E-state index is -1.05. The van der Waals surface area contributed by atoms with Gasteiger partial charge in [0.15, 0.2) is 6.10 Å². The lowest BCUT2D eigenvalue weighted by Crippen LogP contribution is -2.46. The molecule has 0 spiro atoms. The van der Waals surface area contributed by atoms with E-state index < -0.39 is 28.4 Å². The lowest BCUT2D eigenvalue weighted by Gasteiger charge is -2.23. The number of hydrogen-bond acceptors (Lipinski definition) is 6. The first kappa shape index (κ1) is 17.4. The topological polar surface area (TPSA) is 125 Å². The van der Waals surface area contributed by atoms with E-state index >= 15 is 0 Å². The van der Waals surface area contributed by atoms with Crippen LogP contribution in [0.1, 0.15) is 38.1 Å². The summed E-state index contributed by atoms with van der Waals surface area (Å²) >= 11 is 0. The van der Waals surface area contributed by atoms with Crippen molar-refractivity contribution in [2.45, 2.75) is 39.3 Å². The summed E-state index contributed by atoms with van der Waals surface area (Å²) in [5.41, 5.74) is 4.76. The number of rotatable bonds is 4. The second kappa shape index (κ2) is 6.42. The van der Waals surface area contributed by atoms with E-state index in [9.17, 15) is 19.7 Å². The highest BCUT2D eigenvalue weighted by Gasteiger charge is 2.24. The second-order valence-corrected chi connectivity index (χ2v) is 5.82. The number of carbonyl (C=O) groups excluding carboxylic acids is 2. The zero-order chi connectivity index (χ0) is 17.1.